The quantitative estimate of drug-likeness (QED) is 0.0536. The van der Waals surface area contributed by atoms with Crippen LogP contribution in [0.1, 0.15) is 119 Å². The molecule has 2 heterocycles. The number of carbonyl (C=O) groups is 8. The number of anilines is 1. The summed E-state index contributed by atoms with van der Waals surface area (Å²) < 4.78 is 28.9. The first-order valence-electron chi connectivity index (χ1n) is 29.8. The highest BCUT2D eigenvalue weighted by atomic mass is 16.7. The fourth-order valence-electron chi connectivity index (χ4n) is 11.0. The topological polar surface area (TPSA) is 368 Å². The molecule has 0 saturated carbocycles. The maximum atomic E-state index is 14.8. The van der Waals surface area contributed by atoms with E-state index < -0.39 is 151 Å². The van der Waals surface area contributed by atoms with E-state index in [9.17, 15) is 63.9 Å². The van der Waals surface area contributed by atoms with Crippen LogP contribution in [-0.4, -0.2) is 208 Å². The van der Waals surface area contributed by atoms with Gasteiger partial charge >= 0.3 is 12.1 Å². The Hall–Kier alpha value is -6.52. The van der Waals surface area contributed by atoms with E-state index in [1.54, 1.807) is 91.6 Å². The molecule has 26 nitrogen and oxygen atoms in total. The summed E-state index contributed by atoms with van der Waals surface area (Å²) in [4.78, 5) is 114. The molecule has 26 heteroatoms. The first-order chi connectivity index (χ1) is 40.8. The number of aliphatic hydroxyl groups excluding tert-OH is 4. The second-order valence-electron chi connectivity index (χ2n) is 24.0. The molecule has 2 aromatic carbocycles. The summed E-state index contributed by atoms with van der Waals surface area (Å²) in [7, 11) is 5.92. The van der Waals surface area contributed by atoms with Crippen LogP contribution >= 0.6 is 0 Å². The van der Waals surface area contributed by atoms with E-state index in [1.165, 1.54) is 51.3 Å². The largest absolute Gasteiger partial charge is 0.479 e. The number of aliphatic hydroxyl groups is 4. The number of likely N-dealkylation sites (tertiary alicyclic amines) is 1. The molecule has 2 aliphatic heterocycles. The van der Waals surface area contributed by atoms with Gasteiger partial charge in [0.1, 0.15) is 48.8 Å². The first-order valence-corrected chi connectivity index (χ1v) is 29.8. The third-order valence-corrected chi connectivity index (χ3v) is 16.6. The van der Waals surface area contributed by atoms with Gasteiger partial charge in [0.25, 0.3) is 0 Å². The van der Waals surface area contributed by atoms with Crippen LogP contribution in [-0.2, 0) is 59.1 Å². The molecular weight excluding hydrogens is 1130 g/mol. The molecule has 2 aliphatic rings. The van der Waals surface area contributed by atoms with Crippen molar-refractivity contribution in [3.8, 4) is 5.75 Å². The number of carboxylic acids is 1. The van der Waals surface area contributed by atoms with Gasteiger partial charge in [-0.3, -0.25) is 33.7 Å². The molecule has 7 amide bonds. The molecule has 11 N–H and O–H groups in total. The molecule has 2 fully saturated rings. The number of methoxy groups -OCH3 is 2. The van der Waals surface area contributed by atoms with E-state index in [-0.39, 0.29) is 47.1 Å². The normalized spacial score (nSPS) is 22.5. The number of benzene rings is 2. The van der Waals surface area contributed by atoms with Gasteiger partial charge in [0.15, 0.2) is 6.10 Å². The number of nitrogens with zero attached hydrogens (tertiary/aromatic N) is 3. The second kappa shape index (κ2) is 33.2. The van der Waals surface area contributed by atoms with Gasteiger partial charge in [-0.1, -0.05) is 105 Å². The van der Waals surface area contributed by atoms with E-state index >= 15 is 0 Å². The van der Waals surface area contributed by atoms with Gasteiger partial charge in [0, 0.05) is 34.9 Å². The third-order valence-electron chi connectivity index (χ3n) is 16.6. The third kappa shape index (κ3) is 18.8. The monoisotopic (exact) mass is 1230 g/mol. The van der Waals surface area contributed by atoms with Crippen molar-refractivity contribution in [3.63, 3.8) is 0 Å². The maximum Gasteiger partial charge on any atom is 0.410 e. The molecule has 488 valence electrons. The van der Waals surface area contributed by atoms with Crippen LogP contribution in [0.15, 0.2) is 48.5 Å². The summed E-state index contributed by atoms with van der Waals surface area (Å²) in [5.74, 6) is -7.25. The van der Waals surface area contributed by atoms with Gasteiger partial charge in [-0.15, -0.1) is 0 Å². The van der Waals surface area contributed by atoms with Crippen LogP contribution in [0.4, 0.5) is 10.5 Å². The fraction of sp³-hybridized carbons (Fsp3) is 0.672. The molecule has 87 heavy (non-hydrogen) atoms. The molecule has 0 radical (unpaired) electrons. The lowest BCUT2D eigenvalue weighted by atomic mass is 9.89. The lowest BCUT2D eigenvalue weighted by Gasteiger charge is -2.41. The molecule has 2 aromatic rings. The van der Waals surface area contributed by atoms with Gasteiger partial charge in [-0.05, 0) is 73.6 Å². The Labute approximate surface area is 510 Å². The standard InChI is InChI=1S/C61H96N8O18/c1-16-33(8)47(42(83-14)28-43(70)69-26-20-23-40(69)52(84-15)34(9)54(75)63-35(10)48(71)38-21-18-17-19-22-38)67(12)58(79)45(31(4)5)66-57(78)46(32(6)7)68(13)61(82)85-29-37-24-25-39(65-55(76)36(11)64-56(77)44(62)30(2)3)41(27-37)86-60-51(74)49(72)50(73)53(87-60)59(80)81/h17-19,21-22,24-25,27,30-36,40,42,44-53,60,71-74H,16,20,23,26,28-29,62H2,1-15H3,(H,63,75)(H,64,77)(H,65,76)(H,66,78)(H,80,81)/t33-,34+,35+,36-,40-,42+,44-,45-,46-,47-,48+,49?,50?,51?,52+,53?,60?/m0/s1. The van der Waals surface area contributed by atoms with Crippen LogP contribution in [0, 0.1) is 29.6 Å². The summed E-state index contributed by atoms with van der Waals surface area (Å²) in [5.41, 5.74) is 6.71. The minimum Gasteiger partial charge on any atom is -0.479 e. The van der Waals surface area contributed by atoms with Crippen molar-refractivity contribution in [2.75, 3.05) is 40.2 Å². The Bertz CT molecular complexity index is 2630. The predicted molar refractivity (Wildman–Crippen MR) is 319 cm³/mol. The van der Waals surface area contributed by atoms with E-state index in [1.807, 2.05) is 19.9 Å². The Balaban J connectivity index is 1.51. The smallest absolute Gasteiger partial charge is 0.410 e. The number of carbonyl (C=O) groups excluding carboxylic acids is 7. The lowest BCUT2D eigenvalue weighted by molar-refractivity contribution is -0.271. The van der Waals surface area contributed by atoms with Gasteiger partial charge < -0.3 is 86.0 Å². The molecule has 0 aliphatic carbocycles. The Morgan fingerprint density at radius 2 is 1.41 bits per heavy atom. The number of nitrogens with one attached hydrogen (secondary N) is 4. The number of amides is 7. The minimum atomic E-state index is -2.04. The number of ether oxygens (including phenoxy) is 5. The molecule has 17 atom stereocenters. The van der Waals surface area contributed by atoms with Crippen molar-refractivity contribution in [3.05, 3.63) is 59.7 Å². The summed E-state index contributed by atoms with van der Waals surface area (Å²) >= 11 is 0. The van der Waals surface area contributed by atoms with E-state index in [0.29, 0.717) is 31.4 Å². The van der Waals surface area contributed by atoms with Crippen molar-refractivity contribution in [2.45, 2.75) is 200 Å². The second-order valence-corrected chi connectivity index (χ2v) is 24.0. The predicted octanol–water partition coefficient (Wildman–Crippen LogP) is 2.28. The zero-order valence-corrected chi connectivity index (χ0v) is 52.9. The Morgan fingerprint density at radius 1 is 0.770 bits per heavy atom. The summed E-state index contributed by atoms with van der Waals surface area (Å²) in [5, 5.41) is 63.1. The average molecular weight is 1230 g/mol. The number of aliphatic carboxylic acids is 1. The highest BCUT2D eigenvalue weighted by Crippen LogP contribution is 2.33. The summed E-state index contributed by atoms with van der Waals surface area (Å²) in [6.07, 6.45) is -11.8. The zero-order chi connectivity index (χ0) is 65.5. The van der Waals surface area contributed by atoms with Gasteiger partial charge in [0.05, 0.1) is 60.5 Å². The SMILES string of the molecule is CC[C@H](C)[C@@H]([C@@H](CC(=O)N1CCC[C@H]1[C@H](OC)[C@@H](C)C(=O)N[C@H](C)[C@@H](O)c1ccccc1)OC)N(C)C(=O)[C@@H](NC(=O)[C@H](C(C)C)N(C)C(=O)OCc1ccc(NC(=O)[C@H](C)NC(=O)[C@@H](N)C(C)C)c(OC2OC(C(=O)O)C(O)C(O)C2O)c1)C(C)C. The van der Waals surface area contributed by atoms with Gasteiger partial charge in [-0.25, -0.2) is 9.59 Å². The summed E-state index contributed by atoms with van der Waals surface area (Å²) in [6, 6.07) is 6.87. The highest BCUT2D eigenvalue weighted by Gasteiger charge is 2.49. The van der Waals surface area contributed by atoms with Crippen LogP contribution in [0.2, 0.25) is 0 Å². The van der Waals surface area contributed by atoms with Crippen molar-refractivity contribution < 1.29 is 87.6 Å². The van der Waals surface area contributed by atoms with Crippen molar-refractivity contribution in [1.29, 1.82) is 0 Å². The molecule has 0 aromatic heterocycles. The number of hydrogen-bond donors (Lipinski definition) is 10. The van der Waals surface area contributed by atoms with E-state index in [0.717, 1.165) is 4.90 Å². The Kier molecular flexibility index (Phi) is 27.8. The van der Waals surface area contributed by atoms with Crippen LogP contribution in [0.5, 0.6) is 5.75 Å². The molecule has 2 saturated heterocycles. The Morgan fingerprint density at radius 3 is 1.98 bits per heavy atom. The minimum absolute atomic E-state index is 0.100. The van der Waals surface area contributed by atoms with Crippen LogP contribution in [0.25, 0.3) is 0 Å². The number of nitrogens with two attached hydrogens (primary N) is 1. The lowest BCUT2D eigenvalue weighted by Crippen LogP contribution is -2.61. The van der Waals surface area contributed by atoms with Crippen molar-refractivity contribution in [1.82, 2.24) is 30.7 Å². The molecule has 0 spiro atoms. The van der Waals surface area contributed by atoms with E-state index in [4.69, 9.17) is 29.4 Å². The fourth-order valence-corrected chi connectivity index (χ4v) is 11.0. The number of rotatable bonds is 30. The number of carboxylic acid groups (broad SMARTS) is 1. The van der Waals surface area contributed by atoms with Crippen molar-refractivity contribution >= 4 is 53.2 Å². The van der Waals surface area contributed by atoms with Gasteiger partial charge in [-0.2, -0.15) is 0 Å². The first kappa shape index (κ1) is 73.0. The average Bonchev–Trinajstić information content (AvgIpc) is 3.12. The van der Waals surface area contributed by atoms with Crippen LogP contribution in [0.3, 0.4) is 0 Å². The summed E-state index contributed by atoms with van der Waals surface area (Å²) in [6.45, 7) is 19.0. The molecule has 4 rings (SSSR count). The number of likely N-dealkylation sites (N-methyl/N-ethyl adjacent to an activating group) is 2. The van der Waals surface area contributed by atoms with E-state index in [2.05, 4.69) is 21.3 Å². The maximum absolute atomic E-state index is 14.8. The van der Waals surface area contributed by atoms with Crippen LogP contribution < -0.4 is 31.7 Å². The van der Waals surface area contributed by atoms with Gasteiger partial charge in [0.2, 0.25) is 41.7 Å². The molecular formula is C61H96N8O18. The number of hydrogen-bond acceptors (Lipinski definition) is 18. The zero-order valence-electron chi connectivity index (χ0n) is 52.9. The molecule has 5 unspecified atom stereocenters. The van der Waals surface area contributed by atoms with Crippen molar-refractivity contribution in [2.24, 2.45) is 35.3 Å². The highest BCUT2D eigenvalue weighted by molar-refractivity contribution is 5.98. The molecule has 0 bridgehead atoms.